The van der Waals surface area contributed by atoms with Crippen LogP contribution in [-0.2, 0) is 16.4 Å². The Balaban J connectivity index is 1.90. The van der Waals surface area contributed by atoms with E-state index in [1.165, 1.54) is 21.9 Å². The lowest BCUT2D eigenvalue weighted by molar-refractivity contribution is 0.102. The molecule has 1 aromatic heterocycles. The average Bonchev–Trinajstić information content (AvgIpc) is 3.02. The molecule has 0 saturated carbocycles. The molecule has 1 amide bonds. The van der Waals surface area contributed by atoms with Crippen LogP contribution in [0.5, 0.6) is 0 Å². The van der Waals surface area contributed by atoms with Crippen molar-refractivity contribution in [3.63, 3.8) is 0 Å². The molecular weight excluding hydrogens is 322 g/mol. The Morgan fingerprint density at radius 2 is 2.23 bits per heavy atom. The van der Waals surface area contributed by atoms with Gasteiger partial charge in [-0.2, -0.15) is 0 Å². The molecule has 0 fully saturated rings. The Morgan fingerprint density at radius 1 is 1.45 bits per heavy atom. The summed E-state index contributed by atoms with van der Waals surface area (Å²) in [6.07, 6.45) is 3.41. The molecule has 2 aromatic rings. The predicted octanol–water partition coefficient (Wildman–Crippen LogP) is 2.11. The molecule has 0 unspecified atom stereocenters. The molecule has 0 radical (unpaired) electrons. The molecule has 0 bridgehead atoms. The fourth-order valence-corrected chi connectivity index (χ4v) is 4.49. The number of anilines is 2. The van der Waals surface area contributed by atoms with Crippen molar-refractivity contribution in [1.82, 2.24) is 4.98 Å². The van der Waals surface area contributed by atoms with Crippen molar-refractivity contribution in [2.45, 2.75) is 19.4 Å². The highest BCUT2D eigenvalue weighted by Gasteiger charge is 2.32. The number of aromatic nitrogens is 1. The van der Waals surface area contributed by atoms with Gasteiger partial charge in [0, 0.05) is 23.2 Å². The standard InChI is InChI=1S/C14H15N3O3S2/c1-9-7-11-8-10(13(18)16-14-15-5-6-21-14)3-4-12(11)17(9)22(2,19)20/h3-6,8-9H,7H2,1-2H3,(H,15,16,18)/t9-/m0/s1. The molecule has 0 aliphatic carbocycles. The van der Waals surface area contributed by atoms with Crippen molar-refractivity contribution in [3.05, 3.63) is 40.9 Å². The van der Waals surface area contributed by atoms with E-state index in [-0.39, 0.29) is 11.9 Å². The minimum atomic E-state index is -3.31. The second-order valence-electron chi connectivity index (χ2n) is 5.25. The maximum atomic E-state index is 12.2. The third-order valence-corrected chi connectivity index (χ3v) is 5.46. The highest BCUT2D eigenvalue weighted by atomic mass is 32.2. The molecule has 1 aromatic carbocycles. The van der Waals surface area contributed by atoms with Crippen LogP contribution in [0.1, 0.15) is 22.8 Å². The lowest BCUT2D eigenvalue weighted by atomic mass is 10.1. The van der Waals surface area contributed by atoms with Gasteiger partial charge in [0.2, 0.25) is 10.0 Å². The van der Waals surface area contributed by atoms with E-state index in [4.69, 9.17) is 0 Å². The molecule has 3 rings (SSSR count). The molecule has 0 saturated heterocycles. The molecule has 6 nitrogen and oxygen atoms in total. The van der Waals surface area contributed by atoms with Crippen molar-refractivity contribution >= 4 is 38.1 Å². The summed E-state index contributed by atoms with van der Waals surface area (Å²) in [6.45, 7) is 1.86. The average molecular weight is 337 g/mol. The Morgan fingerprint density at radius 3 is 2.86 bits per heavy atom. The molecule has 1 aliphatic rings. The van der Waals surface area contributed by atoms with Crippen molar-refractivity contribution in [1.29, 1.82) is 0 Å². The summed E-state index contributed by atoms with van der Waals surface area (Å²) in [4.78, 5) is 16.2. The van der Waals surface area contributed by atoms with Crippen LogP contribution >= 0.6 is 11.3 Å². The molecule has 8 heteroatoms. The second kappa shape index (κ2) is 5.36. The van der Waals surface area contributed by atoms with Crippen LogP contribution in [0.15, 0.2) is 29.8 Å². The van der Waals surface area contributed by atoms with Gasteiger partial charge in [0.05, 0.1) is 11.9 Å². The summed E-state index contributed by atoms with van der Waals surface area (Å²) in [5.41, 5.74) is 2.02. The largest absolute Gasteiger partial charge is 0.298 e. The number of carbonyl (C=O) groups excluding carboxylic acids is 1. The summed E-state index contributed by atoms with van der Waals surface area (Å²) in [5, 5.41) is 5.04. The zero-order chi connectivity index (χ0) is 15.9. The van der Waals surface area contributed by atoms with E-state index < -0.39 is 10.0 Å². The van der Waals surface area contributed by atoms with Gasteiger partial charge in [-0.25, -0.2) is 13.4 Å². The number of hydrogen-bond acceptors (Lipinski definition) is 5. The van der Waals surface area contributed by atoms with E-state index in [2.05, 4.69) is 10.3 Å². The number of thiazole rings is 1. The smallest absolute Gasteiger partial charge is 0.257 e. The quantitative estimate of drug-likeness (QED) is 0.930. The lowest BCUT2D eigenvalue weighted by Crippen LogP contribution is -2.34. The Labute approximate surface area is 132 Å². The zero-order valence-corrected chi connectivity index (χ0v) is 13.7. The van der Waals surface area contributed by atoms with E-state index in [0.717, 1.165) is 5.56 Å². The summed E-state index contributed by atoms with van der Waals surface area (Å²) in [6, 6.07) is 4.94. The van der Waals surface area contributed by atoms with Crippen LogP contribution in [0.3, 0.4) is 0 Å². The van der Waals surface area contributed by atoms with Gasteiger partial charge < -0.3 is 0 Å². The third kappa shape index (κ3) is 2.71. The van der Waals surface area contributed by atoms with Gasteiger partial charge in [-0.3, -0.25) is 14.4 Å². The molecule has 2 heterocycles. The fraction of sp³-hybridized carbons (Fsp3) is 0.286. The lowest BCUT2D eigenvalue weighted by Gasteiger charge is -2.21. The second-order valence-corrected chi connectivity index (χ2v) is 8.00. The van der Waals surface area contributed by atoms with Crippen LogP contribution in [-0.4, -0.2) is 31.6 Å². The maximum Gasteiger partial charge on any atom is 0.257 e. The highest BCUT2D eigenvalue weighted by molar-refractivity contribution is 7.92. The number of sulfonamides is 1. The number of carbonyl (C=O) groups is 1. The van der Waals surface area contributed by atoms with Gasteiger partial charge in [-0.1, -0.05) is 0 Å². The van der Waals surface area contributed by atoms with E-state index in [1.54, 1.807) is 29.8 Å². The van der Waals surface area contributed by atoms with Crippen LogP contribution < -0.4 is 9.62 Å². The Bertz CT molecular complexity index is 816. The monoisotopic (exact) mass is 337 g/mol. The number of amides is 1. The van der Waals surface area contributed by atoms with E-state index in [0.29, 0.717) is 22.8 Å². The number of hydrogen-bond donors (Lipinski definition) is 1. The number of fused-ring (bicyclic) bond motifs is 1. The van der Waals surface area contributed by atoms with Crippen molar-refractivity contribution in [2.24, 2.45) is 0 Å². The first-order chi connectivity index (χ1) is 10.4. The maximum absolute atomic E-state index is 12.2. The van der Waals surface area contributed by atoms with Gasteiger partial charge in [0.15, 0.2) is 5.13 Å². The number of benzene rings is 1. The first-order valence-corrected chi connectivity index (χ1v) is 9.42. The molecule has 22 heavy (non-hydrogen) atoms. The first-order valence-electron chi connectivity index (χ1n) is 6.69. The molecule has 116 valence electrons. The molecule has 1 atom stereocenters. The van der Waals surface area contributed by atoms with Crippen molar-refractivity contribution in [2.75, 3.05) is 15.9 Å². The number of rotatable bonds is 3. The normalized spacial score (nSPS) is 17.4. The van der Waals surface area contributed by atoms with Gasteiger partial charge in [-0.05, 0) is 37.1 Å². The minimum Gasteiger partial charge on any atom is -0.298 e. The van der Waals surface area contributed by atoms with E-state index in [9.17, 15) is 13.2 Å². The number of nitrogens with zero attached hydrogens (tertiary/aromatic N) is 2. The van der Waals surface area contributed by atoms with E-state index in [1.807, 2.05) is 6.92 Å². The molecule has 0 spiro atoms. The van der Waals surface area contributed by atoms with Crippen LogP contribution in [0, 0.1) is 0 Å². The number of nitrogens with one attached hydrogen (secondary N) is 1. The predicted molar refractivity (Wildman–Crippen MR) is 87.0 cm³/mol. The summed E-state index contributed by atoms with van der Waals surface area (Å²) in [5.74, 6) is -0.247. The first kappa shape index (κ1) is 15.0. The van der Waals surface area contributed by atoms with Gasteiger partial charge >= 0.3 is 0 Å². The summed E-state index contributed by atoms with van der Waals surface area (Å²) >= 11 is 1.34. The van der Waals surface area contributed by atoms with Crippen LogP contribution in [0.4, 0.5) is 10.8 Å². The Hall–Kier alpha value is -1.93. The fourth-order valence-electron chi connectivity index (χ4n) is 2.70. The van der Waals surface area contributed by atoms with Crippen molar-refractivity contribution in [3.8, 4) is 0 Å². The third-order valence-electron chi connectivity index (χ3n) is 3.50. The van der Waals surface area contributed by atoms with Crippen LogP contribution in [0.25, 0.3) is 0 Å². The molecule has 1 N–H and O–H groups in total. The SMILES string of the molecule is C[C@H]1Cc2cc(C(=O)Nc3nccs3)ccc2N1S(C)(=O)=O. The van der Waals surface area contributed by atoms with Gasteiger partial charge in [0.1, 0.15) is 0 Å². The summed E-state index contributed by atoms with van der Waals surface area (Å²) in [7, 11) is -3.31. The Kier molecular flexibility index (Phi) is 3.65. The topological polar surface area (TPSA) is 79.4 Å². The summed E-state index contributed by atoms with van der Waals surface area (Å²) < 4.78 is 25.2. The van der Waals surface area contributed by atoms with Crippen molar-refractivity contribution < 1.29 is 13.2 Å². The van der Waals surface area contributed by atoms with E-state index >= 15 is 0 Å². The van der Waals surface area contributed by atoms with Crippen LogP contribution in [0.2, 0.25) is 0 Å². The minimum absolute atomic E-state index is 0.137. The molecular formula is C14H15N3O3S2. The zero-order valence-electron chi connectivity index (χ0n) is 12.1. The highest BCUT2D eigenvalue weighted by Crippen LogP contribution is 2.34. The van der Waals surface area contributed by atoms with Gasteiger partial charge in [-0.15, -0.1) is 11.3 Å². The molecule has 1 aliphatic heterocycles. The van der Waals surface area contributed by atoms with Gasteiger partial charge in [0.25, 0.3) is 5.91 Å².